The van der Waals surface area contributed by atoms with E-state index in [-0.39, 0.29) is 17.6 Å². The molecule has 6 nitrogen and oxygen atoms in total. The molecule has 2 aromatic rings. The lowest BCUT2D eigenvalue weighted by Crippen LogP contribution is -2.35. The highest BCUT2D eigenvalue weighted by atomic mass is 32.2. The van der Waals surface area contributed by atoms with Gasteiger partial charge in [-0.05, 0) is 55.5 Å². The quantitative estimate of drug-likeness (QED) is 0.702. The Labute approximate surface area is 171 Å². The Morgan fingerprint density at radius 1 is 1.17 bits per heavy atom. The van der Waals surface area contributed by atoms with E-state index < -0.39 is 21.5 Å². The number of Topliss-reactive ketones (excluding diaryl/α,β-unsaturated/α-hetero) is 1. The first-order valence-corrected chi connectivity index (χ1v) is 11.4. The van der Waals surface area contributed by atoms with Crippen molar-refractivity contribution in [2.24, 2.45) is 0 Å². The van der Waals surface area contributed by atoms with Crippen LogP contribution < -0.4 is 10.1 Å². The largest absolute Gasteiger partial charge is 0.496 e. The second-order valence-electron chi connectivity index (χ2n) is 7.33. The fraction of sp³-hybridized carbons (Fsp3) is 0.364. The third-order valence-corrected chi connectivity index (χ3v) is 6.57. The Kier molecular flexibility index (Phi) is 6.37. The number of carbonyl (C=O) groups is 2. The molecule has 0 saturated heterocycles. The van der Waals surface area contributed by atoms with Gasteiger partial charge in [0.2, 0.25) is 5.91 Å². The molecule has 3 rings (SSSR count). The van der Waals surface area contributed by atoms with E-state index in [0.717, 1.165) is 24.8 Å². The SMILES string of the molecule is COc1ccc(C(C)=O)cc1CS(=O)(=O)CC(=O)N[C@H]1CCCc2ccccc21. The lowest BCUT2D eigenvalue weighted by Gasteiger charge is -2.26. The summed E-state index contributed by atoms with van der Waals surface area (Å²) in [7, 11) is -2.30. The van der Waals surface area contributed by atoms with Gasteiger partial charge in [0.1, 0.15) is 11.5 Å². The number of carbonyl (C=O) groups excluding carboxylic acids is 2. The number of hydrogen-bond donors (Lipinski definition) is 1. The number of aryl methyl sites for hydroxylation is 1. The molecule has 1 atom stereocenters. The van der Waals surface area contributed by atoms with E-state index in [2.05, 4.69) is 5.32 Å². The van der Waals surface area contributed by atoms with E-state index in [9.17, 15) is 18.0 Å². The van der Waals surface area contributed by atoms with E-state index in [1.807, 2.05) is 24.3 Å². The Hall–Kier alpha value is -2.67. The lowest BCUT2D eigenvalue weighted by atomic mass is 9.88. The molecule has 0 aromatic heterocycles. The zero-order valence-corrected chi connectivity index (χ0v) is 17.4. The Morgan fingerprint density at radius 2 is 1.93 bits per heavy atom. The molecule has 0 fully saturated rings. The van der Waals surface area contributed by atoms with Crippen LogP contribution in [0.1, 0.15) is 52.9 Å². The maximum absolute atomic E-state index is 12.6. The highest BCUT2D eigenvalue weighted by molar-refractivity contribution is 7.91. The average molecular weight is 416 g/mol. The van der Waals surface area contributed by atoms with Crippen LogP contribution in [0.3, 0.4) is 0 Å². The van der Waals surface area contributed by atoms with Gasteiger partial charge in [-0.15, -0.1) is 0 Å². The fourth-order valence-corrected chi connectivity index (χ4v) is 5.02. The number of benzene rings is 2. The van der Waals surface area contributed by atoms with Gasteiger partial charge in [-0.1, -0.05) is 24.3 Å². The summed E-state index contributed by atoms with van der Waals surface area (Å²) in [6, 6.07) is 12.4. The van der Waals surface area contributed by atoms with Crippen LogP contribution in [0.5, 0.6) is 5.75 Å². The minimum Gasteiger partial charge on any atom is -0.496 e. The predicted molar refractivity (Wildman–Crippen MR) is 111 cm³/mol. The molecule has 1 aliphatic carbocycles. The van der Waals surface area contributed by atoms with Crippen molar-refractivity contribution in [2.45, 2.75) is 38.0 Å². The number of fused-ring (bicyclic) bond motifs is 1. The predicted octanol–water partition coefficient (Wildman–Crippen LogP) is 3.01. The second-order valence-corrected chi connectivity index (χ2v) is 9.39. The van der Waals surface area contributed by atoms with Crippen molar-refractivity contribution in [3.8, 4) is 5.75 Å². The van der Waals surface area contributed by atoms with Crippen LogP contribution in [0.25, 0.3) is 0 Å². The van der Waals surface area contributed by atoms with Crippen LogP contribution in [-0.2, 0) is 26.8 Å². The molecule has 7 heteroatoms. The number of ketones is 1. The van der Waals surface area contributed by atoms with E-state index in [4.69, 9.17) is 4.74 Å². The number of amides is 1. The van der Waals surface area contributed by atoms with Crippen molar-refractivity contribution in [3.05, 3.63) is 64.7 Å². The Bertz CT molecular complexity index is 1030. The van der Waals surface area contributed by atoms with Crippen molar-refractivity contribution in [3.63, 3.8) is 0 Å². The van der Waals surface area contributed by atoms with Crippen LogP contribution in [0, 0.1) is 0 Å². The molecule has 2 aromatic carbocycles. The van der Waals surface area contributed by atoms with Crippen LogP contribution in [-0.4, -0.2) is 33.0 Å². The highest BCUT2D eigenvalue weighted by Gasteiger charge is 2.25. The molecule has 0 spiro atoms. The number of nitrogens with one attached hydrogen (secondary N) is 1. The summed E-state index contributed by atoms with van der Waals surface area (Å²) in [4.78, 5) is 24.1. The molecule has 29 heavy (non-hydrogen) atoms. The van der Waals surface area contributed by atoms with Crippen LogP contribution in [0.4, 0.5) is 0 Å². The van der Waals surface area contributed by atoms with Gasteiger partial charge in [0.15, 0.2) is 15.6 Å². The zero-order valence-electron chi connectivity index (χ0n) is 16.6. The van der Waals surface area contributed by atoms with E-state index in [1.54, 1.807) is 12.1 Å². The molecular weight excluding hydrogens is 390 g/mol. The number of ether oxygens (including phenoxy) is 1. The minimum atomic E-state index is -3.74. The van der Waals surface area contributed by atoms with Gasteiger partial charge in [0, 0.05) is 11.1 Å². The third kappa shape index (κ3) is 5.23. The fourth-order valence-electron chi connectivity index (χ4n) is 3.74. The first kappa shape index (κ1) is 21.0. The van der Waals surface area contributed by atoms with Crippen LogP contribution in [0.2, 0.25) is 0 Å². The maximum atomic E-state index is 12.6. The lowest BCUT2D eigenvalue weighted by molar-refractivity contribution is -0.119. The summed E-state index contributed by atoms with van der Waals surface area (Å²) >= 11 is 0. The van der Waals surface area contributed by atoms with Crippen molar-refractivity contribution >= 4 is 21.5 Å². The summed E-state index contributed by atoms with van der Waals surface area (Å²) in [6.45, 7) is 1.41. The molecule has 0 heterocycles. The molecule has 0 saturated carbocycles. The first-order valence-electron chi connectivity index (χ1n) is 9.54. The van der Waals surface area contributed by atoms with Gasteiger partial charge in [-0.25, -0.2) is 8.42 Å². The number of hydrogen-bond acceptors (Lipinski definition) is 5. The maximum Gasteiger partial charge on any atom is 0.235 e. The van der Waals surface area contributed by atoms with Crippen LogP contribution in [0.15, 0.2) is 42.5 Å². The van der Waals surface area contributed by atoms with Crippen molar-refractivity contribution < 1.29 is 22.7 Å². The van der Waals surface area contributed by atoms with Gasteiger partial charge < -0.3 is 10.1 Å². The molecule has 0 radical (unpaired) electrons. The second kappa shape index (κ2) is 8.78. The van der Waals surface area contributed by atoms with Gasteiger partial charge in [0.05, 0.1) is 18.9 Å². The number of sulfone groups is 1. The molecule has 1 N–H and O–H groups in total. The van der Waals surface area contributed by atoms with Crippen LogP contribution >= 0.6 is 0 Å². The highest BCUT2D eigenvalue weighted by Crippen LogP contribution is 2.29. The first-order chi connectivity index (χ1) is 13.8. The molecule has 1 aliphatic rings. The normalized spacial score (nSPS) is 16.0. The third-order valence-electron chi connectivity index (χ3n) is 5.12. The summed E-state index contributed by atoms with van der Waals surface area (Å²) in [6.07, 6.45) is 2.70. The van der Waals surface area contributed by atoms with Crippen molar-refractivity contribution in [1.82, 2.24) is 5.32 Å². The molecule has 1 amide bonds. The van der Waals surface area contributed by atoms with E-state index in [1.165, 1.54) is 25.7 Å². The van der Waals surface area contributed by atoms with Gasteiger partial charge in [0.25, 0.3) is 0 Å². The minimum absolute atomic E-state index is 0.167. The molecule has 154 valence electrons. The molecule has 0 bridgehead atoms. The monoisotopic (exact) mass is 415 g/mol. The molecular formula is C22H25NO5S. The smallest absolute Gasteiger partial charge is 0.235 e. The average Bonchev–Trinajstić information content (AvgIpc) is 2.67. The van der Waals surface area contributed by atoms with Crippen molar-refractivity contribution in [1.29, 1.82) is 0 Å². The zero-order chi connectivity index (χ0) is 21.0. The number of rotatable bonds is 7. The van der Waals surface area contributed by atoms with E-state index >= 15 is 0 Å². The van der Waals surface area contributed by atoms with Crippen molar-refractivity contribution in [2.75, 3.05) is 12.9 Å². The summed E-state index contributed by atoms with van der Waals surface area (Å²) < 4.78 is 30.5. The Morgan fingerprint density at radius 3 is 2.66 bits per heavy atom. The van der Waals surface area contributed by atoms with Gasteiger partial charge in [-0.3, -0.25) is 9.59 Å². The standard InChI is InChI=1S/C22H25NO5S/c1-15(24)17-10-11-21(28-2)18(12-17)13-29(26,27)14-22(25)23-20-9-5-7-16-6-3-4-8-19(16)20/h3-4,6,8,10-12,20H,5,7,9,13-14H2,1-2H3,(H,23,25)/t20-/m0/s1. The summed E-state index contributed by atoms with van der Waals surface area (Å²) in [5, 5.41) is 2.87. The topological polar surface area (TPSA) is 89.5 Å². The van der Waals surface area contributed by atoms with E-state index in [0.29, 0.717) is 16.9 Å². The summed E-state index contributed by atoms with van der Waals surface area (Å²) in [5.74, 6) is -1.29. The molecule has 0 aliphatic heterocycles. The Balaban J connectivity index is 1.71. The van der Waals surface area contributed by atoms with Gasteiger partial charge in [-0.2, -0.15) is 0 Å². The van der Waals surface area contributed by atoms with Gasteiger partial charge >= 0.3 is 0 Å². The summed E-state index contributed by atoms with van der Waals surface area (Å²) in [5.41, 5.74) is 3.02. The molecule has 0 unspecified atom stereocenters. The number of methoxy groups -OCH3 is 1.